The number of carbonyl (C=O) groups excluding carboxylic acids is 1. The van der Waals surface area contributed by atoms with Crippen LogP contribution in [-0.2, 0) is 0 Å². The van der Waals surface area contributed by atoms with E-state index in [-0.39, 0.29) is 12.0 Å². The van der Waals surface area contributed by atoms with Gasteiger partial charge in [0, 0.05) is 5.56 Å². The molecule has 0 aliphatic carbocycles. The molecule has 2 rings (SSSR count). The van der Waals surface area contributed by atoms with E-state index in [9.17, 15) is 4.79 Å². The lowest BCUT2D eigenvalue weighted by Gasteiger charge is -1.98. The van der Waals surface area contributed by atoms with Gasteiger partial charge in [-0.1, -0.05) is 12.1 Å². The number of nitriles is 4. The molecule has 0 radical (unpaired) electrons. The number of hydrogen-bond acceptors (Lipinski definition) is 7. The topological polar surface area (TPSA) is 131 Å². The largest absolute Gasteiger partial charge is 0.497 e. The summed E-state index contributed by atoms with van der Waals surface area (Å²) in [6.07, 6.45) is 2.33. The van der Waals surface area contributed by atoms with Crippen molar-refractivity contribution in [1.82, 2.24) is 0 Å². The van der Waals surface area contributed by atoms with Crippen molar-refractivity contribution in [1.29, 1.82) is 21.0 Å². The van der Waals surface area contributed by atoms with Gasteiger partial charge >= 0.3 is 0 Å². The van der Waals surface area contributed by atoms with Gasteiger partial charge in [0.25, 0.3) is 0 Å². The third-order valence-corrected chi connectivity index (χ3v) is 3.08. The minimum absolute atomic E-state index is 0. The zero-order valence-corrected chi connectivity index (χ0v) is 16.0. The van der Waals surface area contributed by atoms with E-state index in [2.05, 4.69) is 0 Å². The normalized spacial score (nSPS) is 7.79. The van der Waals surface area contributed by atoms with Crippen LogP contribution >= 0.6 is 0 Å². The fourth-order valence-electron chi connectivity index (χ4n) is 1.67. The third kappa shape index (κ3) is 10.9. The van der Waals surface area contributed by atoms with Crippen LogP contribution in [0.3, 0.4) is 0 Å². The van der Waals surface area contributed by atoms with E-state index < -0.39 is 0 Å². The molecule has 0 amide bonds. The van der Waals surface area contributed by atoms with Crippen molar-refractivity contribution in [3.63, 3.8) is 0 Å². The van der Waals surface area contributed by atoms with Gasteiger partial charge in [-0.25, -0.2) is 0 Å². The molecule has 29 heavy (non-hydrogen) atoms. The van der Waals surface area contributed by atoms with Crippen LogP contribution in [0.2, 0.25) is 0 Å². The molecule has 7 nitrogen and oxygen atoms in total. The summed E-state index contributed by atoms with van der Waals surface area (Å²) < 4.78 is 9.87. The quantitative estimate of drug-likeness (QED) is 0.572. The predicted molar refractivity (Wildman–Crippen MR) is 106 cm³/mol. The van der Waals surface area contributed by atoms with Gasteiger partial charge in [-0.2, -0.15) is 21.0 Å². The van der Waals surface area contributed by atoms with Crippen molar-refractivity contribution in [3.05, 3.63) is 65.2 Å². The average Bonchev–Trinajstić information content (AvgIpc) is 2.79. The highest BCUT2D eigenvalue weighted by Gasteiger charge is 1.94. The molecule has 0 aliphatic rings. The van der Waals surface area contributed by atoms with E-state index in [1.165, 1.54) is 6.08 Å². The molecule has 2 aromatic carbocycles. The van der Waals surface area contributed by atoms with E-state index in [1.54, 1.807) is 87.0 Å². The molecule has 0 unspecified atom stereocenters. The van der Waals surface area contributed by atoms with E-state index >= 15 is 0 Å². The number of allylic oxidation sites excluding steroid dienone is 1. The Balaban J connectivity index is 0.000000455. The molecule has 0 aromatic heterocycles. The number of ether oxygens (including phenoxy) is 2. The molecule has 0 spiro atoms. The van der Waals surface area contributed by atoms with Gasteiger partial charge in [-0.05, 0) is 48.0 Å². The lowest BCUT2D eigenvalue weighted by Crippen LogP contribution is -1.82. The summed E-state index contributed by atoms with van der Waals surface area (Å²) in [4.78, 5) is 10.2. The Morgan fingerprint density at radius 2 is 1.21 bits per heavy atom. The lowest BCUT2D eigenvalue weighted by atomic mass is 10.1. The monoisotopic (exact) mass is 386 g/mol. The van der Waals surface area contributed by atoms with Crippen LogP contribution < -0.4 is 9.47 Å². The number of methoxy groups -OCH3 is 2. The number of rotatable bonds is 4. The fraction of sp³-hybridized carbons (Fsp3) is 0.136. The number of nitrogens with zero attached hydrogens (tertiary/aromatic N) is 4. The maximum Gasteiger partial charge on any atom is 0.150 e. The number of carbonyl (C=O) groups is 1. The van der Waals surface area contributed by atoms with E-state index in [0.717, 1.165) is 23.3 Å². The molecular formula is C22H18N4O3. The molecule has 144 valence electrons. The van der Waals surface area contributed by atoms with Crippen molar-refractivity contribution in [2.45, 2.75) is 6.42 Å². The minimum atomic E-state index is 0. The molecule has 0 heterocycles. The Bertz CT molecular complexity index is 924. The van der Waals surface area contributed by atoms with Crippen LogP contribution in [0.15, 0.2) is 54.1 Å². The second-order valence-corrected chi connectivity index (χ2v) is 4.94. The van der Waals surface area contributed by atoms with E-state index in [4.69, 9.17) is 30.5 Å². The second kappa shape index (κ2) is 15.6. The van der Waals surface area contributed by atoms with Crippen molar-refractivity contribution in [2.75, 3.05) is 14.2 Å². The molecule has 2 aromatic rings. The first-order valence-electron chi connectivity index (χ1n) is 8.07. The van der Waals surface area contributed by atoms with Gasteiger partial charge in [-0.3, -0.25) is 4.79 Å². The Hall–Kier alpha value is -4.59. The van der Waals surface area contributed by atoms with Crippen LogP contribution in [0.5, 0.6) is 11.5 Å². The SMILES string of the molecule is COc1ccc(C=C(C#N)C#N)cc1.COc1ccc(C=O)cc1.N#CCC#N. The molecule has 0 bridgehead atoms. The summed E-state index contributed by atoms with van der Waals surface area (Å²) in [7, 11) is 3.18. The molecule has 0 saturated carbocycles. The summed E-state index contributed by atoms with van der Waals surface area (Å²) >= 11 is 0. The van der Waals surface area contributed by atoms with Crippen molar-refractivity contribution in [2.24, 2.45) is 0 Å². The maximum atomic E-state index is 10.2. The summed E-state index contributed by atoms with van der Waals surface area (Å²) in [6.45, 7) is 0. The average molecular weight is 386 g/mol. The Kier molecular flexibility index (Phi) is 13.2. The highest BCUT2D eigenvalue weighted by molar-refractivity contribution is 5.74. The number of hydrogen-bond donors (Lipinski definition) is 0. The van der Waals surface area contributed by atoms with Gasteiger partial charge in [-0.15, -0.1) is 0 Å². The number of benzene rings is 2. The van der Waals surface area contributed by atoms with Crippen molar-refractivity contribution < 1.29 is 14.3 Å². The maximum absolute atomic E-state index is 10.2. The van der Waals surface area contributed by atoms with E-state index in [0.29, 0.717) is 5.56 Å². The zero-order valence-electron chi connectivity index (χ0n) is 16.0. The van der Waals surface area contributed by atoms with E-state index in [1.807, 2.05) is 0 Å². The van der Waals surface area contributed by atoms with Crippen LogP contribution in [0, 0.1) is 45.3 Å². The molecule has 0 N–H and O–H groups in total. The molecule has 0 atom stereocenters. The third-order valence-electron chi connectivity index (χ3n) is 3.08. The van der Waals surface area contributed by atoms with Crippen LogP contribution in [0.25, 0.3) is 6.08 Å². The van der Waals surface area contributed by atoms with Gasteiger partial charge in [0.1, 0.15) is 41.9 Å². The second-order valence-electron chi connectivity index (χ2n) is 4.94. The minimum Gasteiger partial charge on any atom is -0.497 e. The summed E-state index contributed by atoms with van der Waals surface area (Å²) in [5.41, 5.74) is 1.57. The highest BCUT2D eigenvalue weighted by Crippen LogP contribution is 2.13. The summed E-state index contributed by atoms with van der Waals surface area (Å²) in [6, 6.07) is 21.0. The van der Waals surface area contributed by atoms with Crippen LogP contribution in [-0.4, -0.2) is 20.5 Å². The first kappa shape index (κ1) is 24.4. The zero-order chi connectivity index (χ0) is 21.9. The fourth-order valence-corrected chi connectivity index (χ4v) is 1.67. The molecule has 7 heteroatoms. The van der Waals surface area contributed by atoms with Crippen LogP contribution in [0.4, 0.5) is 0 Å². The molecule has 0 aliphatic heterocycles. The Morgan fingerprint density at radius 3 is 1.48 bits per heavy atom. The molecular weight excluding hydrogens is 368 g/mol. The Morgan fingerprint density at radius 1 is 0.793 bits per heavy atom. The lowest BCUT2D eigenvalue weighted by molar-refractivity contribution is 0.112. The molecule has 0 saturated heterocycles. The first-order valence-corrected chi connectivity index (χ1v) is 8.07. The standard InChI is InChI=1S/C11H8N2O.C8H8O2.C3H2N2/c1-14-11-4-2-9(3-5-11)6-10(7-12)8-13;1-10-8-4-2-7(6-9)3-5-8;4-2-1-3-5/h2-6H,1H3;2-6H,1H3;1H2. The first-order chi connectivity index (χ1) is 14.1. The smallest absolute Gasteiger partial charge is 0.150 e. The Labute approximate surface area is 169 Å². The van der Waals surface area contributed by atoms with Gasteiger partial charge < -0.3 is 9.47 Å². The van der Waals surface area contributed by atoms with Crippen LogP contribution in [0.1, 0.15) is 22.3 Å². The van der Waals surface area contributed by atoms with Gasteiger partial charge in [0.15, 0.2) is 0 Å². The van der Waals surface area contributed by atoms with Gasteiger partial charge in [0.05, 0.1) is 26.4 Å². The number of aldehydes is 1. The van der Waals surface area contributed by atoms with Gasteiger partial charge in [0.2, 0.25) is 0 Å². The summed E-state index contributed by atoms with van der Waals surface area (Å²) in [5, 5.41) is 32.2. The predicted octanol–water partition coefficient (Wildman–Crippen LogP) is 4.06. The molecule has 0 fully saturated rings. The highest BCUT2D eigenvalue weighted by atomic mass is 16.5. The summed E-state index contributed by atoms with van der Waals surface area (Å²) in [5.74, 6) is 1.52. The van der Waals surface area contributed by atoms with Crippen molar-refractivity contribution in [3.8, 4) is 35.8 Å². The van der Waals surface area contributed by atoms with Crippen molar-refractivity contribution >= 4 is 12.4 Å².